The van der Waals surface area contributed by atoms with Crippen LogP contribution in [0.5, 0.6) is 0 Å². The van der Waals surface area contributed by atoms with Crippen molar-refractivity contribution in [3.63, 3.8) is 0 Å². The zero-order chi connectivity index (χ0) is 14.2. The molecule has 0 amide bonds. The lowest BCUT2D eigenvalue weighted by molar-refractivity contribution is 0.190. The van der Waals surface area contributed by atoms with Gasteiger partial charge in [-0.1, -0.05) is 5.16 Å². The first-order chi connectivity index (χ1) is 10.3. The number of rotatable bonds is 4. The lowest BCUT2D eigenvalue weighted by Gasteiger charge is -2.44. The Morgan fingerprint density at radius 3 is 3.10 bits per heavy atom. The van der Waals surface area contributed by atoms with Crippen molar-refractivity contribution < 1.29 is 4.52 Å². The molecule has 0 bridgehead atoms. The summed E-state index contributed by atoms with van der Waals surface area (Å²) in [4.78, 5) is 8.48. The smallest absolute Gasteiger partial charge is 0.213 e. The maximum atomic E-state index is 4.75. The highest BCUT2D eigenvalue weighted by Crippen LogP contribution is 2.21. The van der Waals surface area contributed by atoms with Crippen molar-refractivity contribution in [1.29, 1.82) is 0 Å². The predicted octanol–water partition coefficient (Wildman–Crippen LogP) is -0.172. The van der Waals surface area contributed by atoms with Gasteiger partial charge in [0.05, 0.1) is 6.54 Å². The summed E-state index contributed by atoms with van der Waals surface area (Å²) in [5.74, 6) is 1.64. The number of nitrogens with zero attached hydrogens (tertiary/aromatic N) is 8. The molecule has 9 heteroatoms. The molecule has 0 N–H and O–H groups in total. The molecule has 1 saturated heterocycles. The second kappa shape index (κ2) is 4.77. The minimum absolute atomic E-state index is 0.460. The first-order valence-electron chi connectivity index (χ1n) is 6.67. The third-order valence-corrected chi connectivity index (χ3v) is 3.75. The fourth-order valence-electron chi connectivity index (χ4n) is 2.42. The minimum atomic E-state index is 0.460. The molecule has 3 aromatic heterocycles. The molecule has 4 heterocycles. The zero-order valence-corrected chi connectivity index (χ0v) is 11.5. The molecule has 1 aliphatic rings. The van der Waals surface area contributed by atoms with E-state index in [4.69, 9.17) is 4.52 Å². The zero-order valence-electron chi connectivity index (χ0n) is 11.5. The highest BCUT2D eigenvalue weighted by Gasteiger charge is 2.31. The summed E-state index contributed by atoms with van der Waals surface area (Å²) in [7, 11) is 2.06. The van der Waals surface area contributed by atoms with E-state index in [1.54, 1.807) is 10.8 Å². The van der Waals surface area contributed by atoms with Gasteiger partial charge in [-0.2, -0.15) is 9.50 Å². The van der Waals surface area contributed by atoms with Crippen molar-refractivity contribution in [3.05, 3.63) is 30.7 Å². The standard InChI is InChI=1S/C12H14N8O/c1-18(6-10-13-8-21-17-10)9-4-19(5-9)12-3-2-11-15-14-7-20(11)16-12/h2-3,7-9H,4-6H2,1H3. The van der Waals surface area contributed by atoms with Gasteiger partial charge in [-0.3, -0.25) is 4.90 Å². The van der Waals surface area contributed by atoms with Crippen LogP contribution in [0.1, 0.15) is 5.82 Å². The molecule has 0 saturated carbocycles. The molecule has 0 radical (unpaired) electrons. The van der Waals surface area contributed by atoms with Crippen LogP contribution in [0.25, 0.3) is 5.65 Å². The number of aromatic nitrogens is 6. The van der Waals surface area contributed by atoms with E-state index < -0.39 is 0 Å². The van der Waals surface area contributed by atoms with Crippen molar-refractivity contribution >= 4 is 11.5 Å². The van der Waals surface area contributed by atoms with Crippen LogP contribution in [0.2, 0.25) is 0 Å². The second-order valence-electron chi connectivity index (χ2n) is 5.15. The first-order valence-corrected chi connectivity index (χ1v) is 6.67. The van der Waals surface area contributed by atoms with E-state index in [-0.39, 0.29) is 0 Å². The summed E-state index contributed by atoms with van der Waals surface area (Å²) < 4.78 is 6.43. The quantitative estimate of drug-likeness (QED) is 0.653. The van der Waals surface area contributed by atoms with Gasteiger partial charge in [-0.25, -0.2) is 0 Å². The molecule has 0 aromatic carbocycles. The summed E-state index contributed by atoms with van der Waals surface area (Å²) in [6.45, 7) is 2.54. The molecule has 21 heavy (non-hydrogen) atoms. The molecule has 1 aliphatic heterocycles. The minimum Gasteiger partial charge on any atom is -0.352 e. The molecular formula is C12H14N8O. The fourth-order valence-corrected chi connectivity index (χ4v) is 2.42. The molecule has 0 aliphatic carbocycles. The van der Waals surface area contributed by atoms with E-state index in [0.717, 1.165) is 24.6 Å². The number of anilines is 1. The van der Waals surface area contributed by atoms with Crippen LogP contribution >= 0.6 is 0 Å². The average Bonchev–Trinajstić information content (AvgIpc) is 3.07. The molecule has 0 unspecified atom stereocenters. The molecule has 4 rings (SSSR count). The van der Waals surface area contributed by atoms with Crippen LogP contribution in [-0.2, 0) is 6.54 Å². The Balaban J connectivity index is 1.39. The number of hydrogen-bond donors (Lipinski definition) is 0. The second-order valence-corrected chi connectivity index (χ2v) is 5.15. The van der Waals surface area contributed by atoms with Gasteiger partial charge in [-0.15, -0.1) is 15.3 Å². The summed E-state index contributed by atoms with van der Waals surface area (Å²) in [6.07, 6.45) is 2.97. The van der Waals surface area contributed by atoms with Gasteiger partial charge in [0.25, 0.3) is 0 Å². The van der Waals surface area contributed by atoms with E-state index >= 15 is 0 Å². The first kappa shape index (κ1) is 12.2. The van der Waals surface area contributed by atoms with E-state index in [1.165, 1.54) is 6.39 Å². The van der Waals surface area contributed by atoms with Gasteiger partial charge < -0.3 is 9.42 Å². The molecular weight excluding hydrogens is 272 g/mol. The lowest BCUT2D eigenvalue weighted by Crippen LogP contribution is -2.58. The molecule has 108 valence electrons. The Kier molecular flexibility index (Phi) is 2.78. The maximum absolute atomic E-state index is 4.75. The highest BCUT2D eigenvalue weighted by atomic mass is 16.5. The number of fused-ring (bicyclic) bond motifs is 1. The fraction of sp³-hybridized carbons (Fsp3) is 0.417. The normalized spacial score (nSPS) is 15.8. The Morgan fingerprint density at radius 2 is 2.29 bits per heavy atom. The average molecular weight is 286 g/mol. The summed E-state index contributed by atoms with van der Waals surface area (Å²) in [5, 5.41) is 16.1. The van der Waals surface area contributed by atoms with Gasteiger partial charge >= 0.3 is 0 Å². The third kappa shape index (κ3) is 2.21. The molecule has 9 nitrogen and oxygen atoms in total. The maximum Gasteiger partial charge on any atom is 0.213 e. The van der Waals surface area contributed by atoms with Crippen LogP contribution in [0.3, 0.4) is 0 Å². The molecule has 0 atom stereocenters. The van der Waals surface area contributed by atoms with Crippen molar-refractivity contribution in [2.45, 2.75) is 12.6 Å². The van der Waals surface area contributed by atoms with Crippen LogP contribution < -0.4 is 4.90 Å². The Hall–Kier alpha value is -2.55. The summed E-state index contributed by atoms with van der Waals surface area (Å²) in [6, 6.07) is 4.35. The van der Waals surface area contributed by atoms with Gasteiger partial charge in [0.15, 0.2) is 11.5 Å². The van der Waals surface area contributed by atoms with Crippen molar-refractivity contribution in [2.75, 3.05) is 25.0 Å². The van der Waals surface area contributed by atoms with Gasteiger partial charge in [0.2, 0.25) is 6.39 Å². The molecule has 1 fully saturated rings. The van der Waals surface area contributed by atoms with Crippen LogP contribution in [0, 0.1) is 0 Å². The lowest BCUT2D eigenvalue weighted by atomic mass is 10.1. The Labute approximate surface area is 120 Å². The SMILES string of the molecule is CN(Cc1ncon1)C1CN(c2ccc3nncn3n2)C1. The van der Waals surface area contributed by atoms with Gasteiger partial charge in [0.1, 0.15) is 12.1 Å². The van der Waals surface area contributed by atoms with E-state index in [0.29, 0.717) is 18.4 Å². The third-order valence-electron chi connectivity index (χ3n) is 3.75. The van der Waals surface area contributed by atoms with Gasteiger partial charge in [-0.05, 0) is 19.2 Å². The molecule has 3 aromatic rings. The van der Waals surface area contributed by atoms with Crippen LogP contribution in [0.15, 0.2) is 29.4 Å². The van der Waals surface area contributed by atoms with Crippen LogP contribution in [0.4, 0.5) is 5.82 Å². The van der Waals surface area contributed by atoms with Crippen molar-refractivity contribution in [1.82, 2.24) is 34.9 Å². The Bertz CT molecular complexity index is 733. The predicted molar refractivity (Wildman–Crippen MR) is 72.5 cm³/mol. The number of hydrogen-bond acceptors (Lipinski definition) is 8. The van der Waals surface area contributed by atoms with Crippen molar-refractivity contribution in [3.8, 4) is 0 Å². The Morgan fingerprint density at radius 1 is 1.38 bits per heavy atom. The van der Waals surface area contributed by atoms with E-state index in [9.17, 15) is 0 Å². The van der Waals surface area contributed by atoms with E-state index in [1.807, 2.05) is 12.1 Å². The topological polar surface area (TPSA) is 88.5 Å². The van der Waals surface area contributed by atoms with Crippen LogP contribution in [-0.4, -0.2) is 61.0 Å². The largest absolute Gasteiger partial charge is 0.352 e. The highest BCUT2D eigenvalue weighted by molar-refractivity contribution is 5.47. The summed E-state index contributed by atoms with van der Waals surface area (Å²) >= 11 is 0. The van der Waals surface area contributed by atoms with Gasteiger partial charge in [0, 0.05) is 19.1 Å². The van der Waals surface area contributed by atoms with E-state index in [2.05, 4.69) is 42.3 Å². The number of likely N-dealkylation sites (N-methyl/N-ethyl adjacent to an activating group) is 1. The van der Waals surface area contributed by atoms with Crippen molar-refractivity contribution in [2.24, 2.45) is 0 Å². The molecule has 0 spiro atoms. The monoisotopic (exact) mass is 286 g/mol. The summed E-state index contributed by atoms with van der Waals surface area (Å²) in [5.41, 5.74) is 0.755.